The zero-order valence-electron chi connectivity index (χ0n) is 7.29. The first kappa shape index (κ1) is 7.20. The molecule has 0 N–H and O–H groups in total. The molecule has 0 heterocycles. The van der Waals surface area contributed by atoms with E-state index in [4.69, 9.17) is 0 Å². The van der Waals surface area contributed by atoms with Crippen LogP contribution in [0.5, 0.6) is 0 Å². The predicted molar refractivity (Wildman–Crippen MR) is 47.2 cm³/mol. The molecule has 2 aliphatic rings. The molecule has 2 atom stereocenters. The number of hydrogen-bond donors (Lipinski definition) is 0. The van der Waals surface area contributed by atoms with E-state index in [9.17, 15) is 0 Å². The first-order chi connectivity index (χ1) is 5.31. The van der Waals surface area contributed by atoms with Gasteiger partial charge in [-0.2, -0.15) is 0 Å². The van der Waals surface area contributed by atoms with Gasteiger partial charge in [-0.3, -0.25) is 0 Å². The molecular weight excluding hydrogens is 134 g/mol. The largest absolute Gasteiger partial charge is 0.378 e. The Morgan fingerprint density at radius 1 is 1.27 bits per heavy atom. The highest BCUT2D eigenvalue weighted by Gasteiger charge is 2.40. The van der Waals surface area contributed by atoms with Crippen LogP contribution < -0.4 is 0 Å². The fraction of sp³-hybridized carbons (Fsp3) is 0.800. The molecule has 62 valence electrons. The van der Waals surface area contributed by atoms with Crippen molar-refractivity contribution in [3.8, 4) is 0 Å². The maximum absolute atomic E-state index is 3.80. The maximum Gasteiger partial charge on any atom is 0.0286 e. The predicted octanol–water partition coefficient (Wildman–Crippen LogP) is 2.25. The minimum absolute atomic E-state index is 0.810. The second-order valence-corrected chi connectivity index (χ2v) is 4.07. The SMILES string of the molecule is C=CN(C)C1CC2CCC2C1. The number of nitrogens with zero attached hydrogens (tertiary/aromatic N) is 1. The summed E-state index contributed by atoms with van der Waals surface area (Å²) in [6.45, 7) is 3.80. The molecular formula is C10H17N. The minimum Gasteiger partial charge on any atom is -0.378 e. The molecule has 0 saturated heterocycles. The first-order valence-corrected chi connectivity index (χ1v) is 4.65. The Morgan fingerprint density at radius 2 is 1.82 bits per heavy atom. The van der Waals surface area contributed by atoms with Crippen molar-refractivity contribution < 1.29 is 0 Å². The Labute approximate surface area is 69.1 Å². The normalized spacial score (nSPS) is 41.0. The average molecular weight is 151 g/mol. The Kier molecular flexibility index (Phi) is 1.67. The highest BCUT2D eigenvalue weighted by atomic mass is 15.1. The van der Waals surface area contributed by atoms with Gasteiger partial charge in [0.2, 0.25) is 0 Å². The molecule has 1 nitrogen and oxygen atoms in total. The Bertz CT molecular complexity index is 152. The van der Waals surface area contributed by atoms with Crippen LogP contribution in [0.25, 0.3) is 0 Å². The third-order valence-electron chi connectivity index (χ3n) is 3.59. The van der Waals surface area contributed by atoms with E-state index in [-0.39, 0.29) is 0 Å². The summed E-state index contributed by atoms with van der Waals surface area (Å²) in [6, 6.07) is 0.810. The van der Waals surface area contributed by atoms with Crippen LogP contribution in [0.3, 0.4) is 0 Å². The van der Waals surface area contributed by atoms with E-state index >= 15 is 0 Å². The summed E-state index contributed by atoms with van der Waals surface area (Å²) in [4.78, 5) is 2.29. The molecule has 2 rings (SSSR count). The smallest absolute Gasteiger partial charge is 0.0286 e. The second kappa shape index (κ2) is 2.54. The van der Waals surface area contributed by atoms with Crippen molar-refractivity contribution in [1.82, 2.24) is 4.90 Å². The van der Waals surface area contributed by atoms with Crippen molar-refractivity contribution in [2.24, 2.45) is 11.8 Å². The van der Waals surface area contributed by atoms with E-state index in [1.165, 1.54) is 25.7 Å². The lowest BCUT2D eigenvalue weighted by molar-refractivity contribution is 0.219. The van der Waals surface area contributed by atoms with Crippen LogP contribution in [0.4, 0.5) is 0 Å². The van der Waals surface area contributed by atoms with Crippen molar-refractivity contribution >= 4 is 0 Å². The van der Waals surface area contributed by atoms with Crippen LogP contribution in [0.15, 0.2) is 12.8 Å². The van der Waals surface area contributed by atoms with Crippen molar-refractivity contribution in [3.05, 3.63) is 12.8 Å². The number of fused-ring (bicyclic) bond motifs is 1. The molecule has 0 aromatic carbocycles. The fourth-order valence-corrected chi connectivity index (χ4v) is 2.54. The van der Waals surface area contributed by atoms with Gasteiger partial charge in [0.25, 0.3) is 0 Å². The van der Waals surface area contributed by atoms with Crippen LogP contribution in [0.2, 0.25) is 0 Å². The van der Waals surface area contributed by atoms with Gasteiger partial charge in [0.1, 0.15) is 0 Å². The Hall–Kier alpha value is -0.460. The number of hydrogen-bond acceptors (Lipinski definition) is 1. The fourth-order valence-electron chi connectivity index (χ4n) is 2.54. The van der Waals surface area contributed by atoms with E-state index in [2.05, 4.69) is 18.5 Å². The molecule has 0 aromatic rings. The van der Waals surface area contributed by atoms with Crippen LogP contribution in [0, 0.1) is 11.8 Å². The van der Waals surface area contributed by atoms with Crippen molar-refractivity contribution in [1.29, 1.82) is 0 Å². The topological polar surface area (TPSA) is 3.24 Å². The van der Waals surface area contributed by atoms with Crippen molar-refractivity contribution in [3.63, 3.8) is 0 Å². The van der Waals surface area contributed by atoms with Gasteiger partial charge >= 0.3 is 0 Å². The summed E-state index contributed by atoms with van der Waals surface area (Å²) in [6.07, 6.45) is 7.80. The van der Waals surface area contributed by atoms with Gasteiger partial charge in [0.15, 0.2) is 0 Å². The first-order valence-electron chi connectivity index (χ1n) is 4.65. The van der Waals surface area contributed by atoms with Gasteiger partial charge in [-0.25, -0.2) is 0 Å². The molecule has 0 amide bonds. The lowest BCUT2D eigenvalue weighted by Gasteiger charge is -2.29. The molecule has 0 bridgehead atoms. The van der Waals surface area contributed by atoms with Gasteiger partial charge in [-0.1, -0.05) is 6.58 Å². The highest BCUT2D eigenvalue weighted by Crippen LogP contribution is 2.47. The van der Waals surface area contributed by atoms with E-state index in [1.54, 1.807) is 0 Å². The Morgan fingerprint density at radius 3 is 2.18 bits per heavy atom. The third kappa shape index (κ3) is 1.07. The summed E-state index contributed by atoms with van der Waals surface area (Å²) >= 11 is 0. The molecule has 2 unspecified atom stereocenters. The summed E-state index contributed by atoms with van der Waals surface area (Å²) in [5.74, 6) is 2.14. The van der Waals surface area contributed by atoms with E-state index in [1.807, 2.05) is 6.20 Å². The zero-order chi connectivity index (χ0) is 7.84. The standard InChI is InChI=1S/C10H17N/c1-3-11(2)10-6-8-4-5-9(8)7-10/h3,8-10H,1,4-7H2,2H3. The van der Waals surface area contributed by atoms with Gasteiger partial charge < -0.3 is 4.90 Å². The summed E-state index contributed by atoms with van der Waals surface area (Å²) in [7, 11) is 2.16. The van der Waals surface area contributed by atoms with E-state index in [0.717, 1.165) is 17.9 Å². The summed E-state index contributed by atoms with van der Waals surface area (Å²) in [5, 5.41) is 0. The van der Waals surface area contributed by atoms with Gasteiger partial charge in [-0.15, -0.1) is 0 Å². The lowest BCUT2D eigenvalue weighted by atomic mass is 9.77. The molecule has 1 heteroatoms. The van der Waals surface area contributed by atoms with Crippen LogP contribution >= 0.6 is 0 Å². The second-order valence-electron chi connectivity index (χ2n) is 4.07. The summed E-state index contributed by atoms with van der Waals surface area (Å²) < 4.78 is 0. The third-order valence-corrected chi connectivity index (χ3v) is 3.59. The molecule has 2 fully saturated rings. The van der Waals surface area contributed by atoms with Crippen molar-refractivity contribution in [2.75, 3.05) is 7.05 Å². The zero-order valence-corrected chi connectivity index (χ0v) is 7.29. The minimum atomic E-state index is 0.810. The monoisotopic (exact) mass is 151 g/mol. The van der Waals surface area contributed by atoms with E-state index in [0.29, 0.717) is 0 Å². The lowest BCUT2D eigenvalue weighted by Crippen LogP contribution is -2.23. The molecule has 0 spiro atoms. The average Bonchev–Trinajstić information content (AvgIpc) is 2.27. The van der Waals surface area contributed by atoms with Gasteiger partial charge in [0.05, 0.1) is 0 Å². The molecule has 11 heavy (non-hydrogen) atoms. The van der Waals surface area contributed by atoms with Gasteiger partial charge in [-0.05, 0) is 43.7 Å². The molecule has 2 aliphatic carbocycles. The summed E-state index contributed by atoms with van der Waals surface area (Å²) in [5.41, 5.74) is 0. The Balaban J connectivity index is 1.92. The number of rotatable bonds is 2. The van der Waals surface area contributed by atoms with Crippen LogP contribution in [0.1, 0.15) is 25.7 Å². The maximum atomic E-state index is 3.80. The van der Waals surface area contributed by atoms with Gasteiger partial charge in [0, 0.05) is 13.1 Å². The van der Waals surface area contributed by atoms with Crippen LogP contribution in [-0.4, -0.2) is 18.0 Å². The van der Waals surface area contributed by atoms with Crippen LogP contribution in [-0.2, 0) is 0 Å². The molecule has 0 aromatic heterocycles. The van der Waals surface area contributed by atoms with Crippen molar-refractivity contribution in [2.45, 2.75) is 31.7 Å². The highest BCUT2D eigenvalue weighted by molar-refractivity contribution is 4.95. The molecule has 2 saturated carbocycles. The molecule has 0 aliphatic heterocycles. The quantitative estimate of drug-likeness (QED) is 0.585. The van der Waals surface area contributed by atoms with E-state index < -0.39 is 0 Å². The molecule has 0 radical (unpaired) electrons.